The molecule has 2 rings (SSSR count). The second-order valence-electron chi connectivity index (χ2n) is 6.16. The summed E-state index contributed by atoms with van der Waals surface area (Å²) in [5, 5.41) is -0.340. The number of esters is 2. The highest BCUT2D eigenvalue weighted by Crippen LogP contribution is 2.32. The molecule has 0 N–H and O–H groups in total. The van der Waals surface area contributed by atoms with E-state index in [4.69, 9.17) is 32.7 Å². The Bertz CT molecular complexity index is 867. The van der Waals surface area contributed by atoms with Crippen LogP contribution >= 0.6 is 35.8 Å². The minimum absolute atomic E-state index is 0.0630. The molecule has 13 heteroatoms. The molecule has 0 spiro atoms. The number of anilines is 1. The second-order valence-corrected chi connectivity index (χ2v) is 7.40. The van der Waals surface area contributed by atoms with Crippen LogP contribution in [0.3, 0.4) is 0 Å². The molecule has 1 heterocycles. The Morgan fingerprint density at radius 3 is 2.33 bits per heavy atom. The lowest BCUT2D eigenvalue weighted by atomic mass is 10.1. The van der Waals surface area contributed by atoms with E-state index in [9.17, 15) is 23.6 Å². The number of alkyl halides is 1. The minimum Gasteiger partial charge on any atom is -0.462 e. The van der Waals surface area contributed by atoms with Crippen LogP contribution in [0.1, 0.15) is 17.3 Å². The number of benzene rings is 1. The van der Waals surface area contributed by atoms with Gasteiger partial charge in [0.15, 0.2) is 11.6 Å². The fraction of sp³-hybridized carbons (Fsp3) is 0.412. The van der Waals surface area contributed by atoms with Crippen molar-refractivity contribution in [2.45, 2.75) is 18.5 Å². The first-order chi connectivity index (χ1) is 14.0. The summed E-state index contributed by atoms with van der Waals surface area (Å²) >= 11 is 15.5. The van der Waals surface area contributed by atoms with Crippen molar-refractivity contribution < 1.29 is 33.0 Å². The van der Waals surface area contributed by atoms with Crippen molar-refractivity contribution in [2.24, 2.45) is 0 Å². The molecule has 1 aromatic carbocycles. The summed E-state index contributed by atoms with van der Waals surface area (Å²) in [4.78, 5) is 52.0. The van der Waals surface area contributed by atoms with E-state index in [-0.39, 0.29) is 23.1 Å². The van der Waals surface area contributed by atoms with Gasteiger partial charge in [-0.15, -0.1) is 24.2 Å². The maximum Gasteiger partial charge on any atom is 0.347 e. The minimum atomic E-state index is -1.30. The number of rotatable bonds is 6. The first kappa shape index (κ1) is 24.0. The van der Waals surface area contributed by atoms with Crippen LogP contribution in [0.25, 0.3) is 0 Å². The Hall–Kier alpha value is -2.24. The summed E-state index contributed by atoms with van der Waals surface area (Å²) in [7, 11) is 2.74. The topological polar surface area (TPSA) is 96.5 Å². The van der Waals surface area contributed by atoms with Crippen LogP contribution in [0.15, 0.2) is 12.1 Å². The van der Waals surface area contributed by atoms with Crippen LogP contribution in [-0.2, 0) is 14.3 Å². The number of amides is 4. The smallest absolute Gasteiger partial charge is 0.347 e. The Labute approximate surface area is 187 Å². The van der Waals surface area contributed by atoms with E-state index in [1.54, 1.807) is 0 Å². The third-order valence-corrected chi connectivity index (χ3v) is 5.27. The monoisotopic (exact) mass is 481 g/mol. The van der Waals surface area contributed by atoms with Gasteiger partial charge in [-0.25, -0.2) is 28.5 Å². The largest absolute Gasteiger partial charge is 0.462 e. The number of urea groups is 2. The number of hydrogen-bond acceptors (Lipinski definition) is 7. The van der Waals surface area contributed by atoms with E-state index in [0.29, 0.717) is 4.90 Å². The lowest BCUT2D eigenvalue weighted by Gasteiger charge is -2.41. The third-order valence-electron chi connectivity index (χ3n) is 4.11. The summed E-state index contributed by atoms with van der Waals surface area (Å²) in [6.45, 7) is 1.19. The molecule has 9 nitrogen and oxygen atoms in total. The van der Waals surface area contributed by atoms with Crippen LogP contribution in [0.5, 0.6) is 0 Å². The number of thiol groups is 1. The summed E-state index contributed by atoms with van der Waals surface area (Å²) in [6.07, 6.45) is -1.30. The number of nitrogens with zero attached hydrogens (tertiary/aromatic N) is 3. The zero-order chi connectivity index (χ0) is 22.7. The molecule has 0 saturated carbocycles. The van der Waals surface area contributed by atoms with Crippen LogP contribution in [-0.4, -0.2) is 72.0 Å². The molecule has 1 aliphatic heterocycles. The number of hydrogen-bond donors (Lipinski definition) is 1. The van der Waals surface area contributed by atoms with Gasteiger partial charge in [-0.05, 0) is 19.1 Å². The first-order valence-corrected chi connectivity index (χ1v) is 9.88. The van der Waals surface area contributed by atoms with E-state index >= 15 is 0 Å². The van der Waals surface area contributed by atoms with Gasteiger partial charge in [0.2, 0.25) is 0 Å². The molecule has 1 aromatic rings. The van der Waals surface area contributed by atoms with Gasteiger partial charge in [-0.3, -0.25) is 9.80 Å². The van der Waals surface area contributed by atoms with Gasteiger partial charge in [-0.1, -0.05) is 11.6 Å². The van der Waals surface area contributed by atoms with Crippen molar-refractivity contribution in [3.8, 4) is 0 Å². The summed E-state index contributed by atoms with van der Waals surface area (Å²) < 4.78 is 24.3. The zero-order valence-corrected chi connectivity index (χ0v) is 18.5. The van der Waals surface area contributed by atoms with E-state index in [1.807, 2.05) is 0 Å². The molecule has 0 aliphatic carbocycles. The van der Waals surface area contributed by atoms with Crippen LogP contribution in [0, 0.1) is 5.82 Å². The Kier molecular flexibility index (Phi) is 7.78. The lowest BCUT2D eigenvalue weighted by Crippen LogP contribution is -2.62. The standard InChI is InChI=1S/C17H18Cl2FN3O6S/c1-8(13(24)28-5-4-18)29-14(25)9-6-12(11(20)7-10(9)19)23-15(26)21(2)17(30)22(3)16(23)27/h6-8,17,30H,4-5H2,1-3H3/t8-/m1/s1. The van der Waals surface area contributed by atoms with Gasteiger partial charge in [0, 0.05) is 14.1 Å². The summed E-state index contributed by atoms with van der Waals surface area (Å²) in [6, 6.07) is -0.0712. The Morgan fingerprint density at radius 2 is 1.80 bits per heavy atom. The van der Waals surface area contributed by atoms with Crippen molar-refractivity contribution in [1.82, 2.24) is 9.80 Å². The van der Waals surface area contributed by atoms with Crippen LogP contribution < -0.4 is 4.90 Å². The Balaban J connectivity index is 2.36. The van der Waals surface area contributed by atoms with E-state index < -0.39 is 47.1 Å². The molecule has 1 atom stereocenters. The zero-order valence-electron chi connectivity index (χ0n) is 16.1. The molecule has 1 saturated heterocycles. The average molecular weight is 482 g/mol. The third kappa shape index (κ3) is 4.73. The second kappa shape index (κ2) is 9.71. The fourth-order valence-electron chi connectivity index (χ4n) is 2.45. The number of ether oxygens (including phenoxy) is 2. The van der Waals surface area contributed by atoms with Gasteiger partial charge < -0.3 is 9.47 Å². The SMILES string of the molecule is C[C@@H](OC(=O)c1cc(N2C(=O)N(C)C(S)N(C)C2=O)c(F)cc1Cl)C(=O)OCCCl. The molecule has 4 amide bonds. The van der Waals surface area contributed by atoms with Gasteiger partial charge in [0.1, 0.15) is 12.4 Å². The molecule has 1 aliphatic rings. The highest BCUT2D eigenvalue weighted by atomic mass is 35.5. The van der Waals surface area contributed by atoms with Crippen LogP contribution in [0.4, 0.5) is 19.7 Å². The van der Waals surface area contributed by atoms with E-state index in [1.165, 1.54) is 21.0 Å². The molecule has 0 unspecified atom stereocenters. The van der Waals surface area contributed by atoms with E-state index in [0.717, 1.165) is 21.9 Å². The molecule has 30 heavy (non-hydrogen) atoms. The van der Waals surface area contributed by atoms with Crippen molar-refractivity contribution >= 4 is 65.5 Å². The average Bonchev–Trinajstić information content (AvgIpc) is 2.70. The molecule has 0 radical (unpaired) electrons. The molecule has 0 aromatic heterocycles. The fourth-order valence-corrected chi connectivity index (χ4v) is 2.96. The quantitative estimate of drug-likeness (QED) is 0.381. The molecule has 1 fully saturated rings. The van der Waals surface area contributed by atoms with Crippen molar-refractivity contribution in [3.05, 3.63) is 28.5 Å². The molecular formula is C17H18Cl2FN3O6S. The van der Waals surface area contributed by atoms with Crippen molar-refractivity contribution in [1.29, 1.82) is 0 Å². The van der Waals surface area contributed by atoms with Gasteiger partial charge in [0.05, 0.1) is 22.2 Å². The normalized spacial score (nSPS) is 16.0. The van der Waals surface area contributed by atoms with Gasteiger partial charge in [0.25, 0.3) is 0 Å². The number of carbonyl (C=O) groups is 4. The number of imide groups is 1. The molecule has 0 bridgehead atoms. The first-order valence-electron chi connectivity index (χ1n) is 8.45. The maximum absolute atomic E-state index is 14.6. The van der Waals surface area contributed by atoms with Crippen molar-refractivity contribution in [3.63, 3.8) is 0 Å². The molecule has 164 valence electrons. The highest BCUT2D eigenvalue weighted by Gasteiger charge is 2.41. The number of carbonyl (C=O) groups excluding carboxylic acids is 4. The van der Waals surface area contributed by atoms with Crippen LogP contribution in [0.2, 0.25) is 5.02 Å². The Morgan fingerprint density at radius 1 is 1.23 bits per heavy atom. The summed E-state index contributed by atoms with van der Waals surface area (Å²) in [5.74, 6) is -2.88. The number of halogens is 3. The summed E-state index contributed by atoms with van der Waals surface area (Å²) in [5.41, 5.74) is -1.73. The lowest BCUT2D eigenvalue weighted by molar-refractivity contribution is -0.152. The van der Waals surface area contributed by atoms with E-state index in [2.05, 4.69) is 12.6 Å². The van der Waals surface area contributed by atoms with Gasteiger partial charge >= 0.3 is 24.0 Å². The molecular weight excluding hydrogens is 464 g/mol. The highest BCUT2D eigenvalue weighted by molar-refractivity contribution is 7.80. The van der Waals surface area contributed by atoms with Gasteiger partial charge in [-0.2, -0.15) is 0 Å². The predicted molar refractivity (Wildman–Crippen MR) is 110 cm³/mol. The predicted octanol–water partition coefficient (Wildman–Crippen LogP) is 2.94. The van der Waals surface area contributed by atoms with Crippen molar-refractivity contribution in [2.75, 3.05) is 31.5 Å². The maximum atomic E-state index is 14.6.